The maximum atomic E-state index is 13.6. The minimum absolute atomic E-state index is 0.00711. The number of alkyl carbamates (subject to hydrolysis) is 2. The topological polar surface area (TPSA) is 179 Å². The maximum Gasteiger partial charge on any atom is 0.407 e. The lowest BCUT2D eigenvalue weighted by Crippen LogP contribution is -2.54. The van der Waals surface area contributed by atoms with E-state index in [1.165, 1.54) is 19.1 Å². The summed E-state index contributed by atoms with van der Waals surface area (Å²) in [5.41, 5.74) is 5.24. The van der Waals surface area contributed by atoms with Gasteiger partial charge in [-0.15, -0.1) is 0 Å². The van der Waals surface area contributed by atoms with Crippen LogP contribution in [-0.2, 0) is 28.7 Å². The molecule has 6 atom stereocenters. The van der Waals surface area contributed by atoms with E-state index in [1.807, 2.05) is 64.1 Å². The summed E-state index contributed by atoms with van der Waals surface area (Å²) in [7, 11) is 2.49. The smallest absolute Gasteiger partial charge is 0.407 e. The zero-order valence-electron chi connectivity index (χ0n) is 36.7. The first kappa shape index (κ1) is 45.2. The highest BCUT2D eigenvalue weighted by atomic mass is 16.5. The molecule has 3 fully saturated rings. The molecule has 4 N–H and O–H groups in total. The number of carbonyl (C=O) groups is 6. The molecule has 0 spiro atoms. The van der Waals surface area contributed by atoms with Crippen molar-refractivity contribution >= 4 is 52.9 Å². The van der Waals surface area contributed by atoms with Gasteiger partial charge >= 0.3 is 12.2 Å². The van der Waals surface area contributed by atoms with Crippen molar-refractivity contribution in [1.82, 2.24) is 20.4 Å². The first-order valence-corrected chi connectivity index (χ1v) is 21.5. The van der Waals surface area contributed by atoms with Crippen LogP contribution in [-0.4, -0.2) is 97.1 Å². The number of ether oxygens (including phenoxy) is 2. The molecule has 0 aliphatic carbocycles. The van der Waals surface area contributed by atoms with Gasteiger partial charge in [-0.3, -0.25) is 19.2 Å². The summed E-state index contributed by atoms with van der Waals surface area (Å²) >= 11 is 0. The largest absolute Gasteiger partial charge is 0.453 e. The first-order chi connectivity index (χ1) is 29.7. The number of methoxy groups -OCH3 is 2. The molecular weight excluding hydrogens is 791 g/mol. The third-order valence-electron chi connectivity index (χ3n) is 12.1. The van der Waals surface area contributed by atoms with E-state index < -0.39 is 36.4 Å². The molecule has 0 aromatic heterocycles. The fourth-order valence-electron chi connectivity index (χ4n) is 8.78. The summed E-state index contributed by atoms with van der Waals surface area (Å²) in [6, 6.07) is 23.5. The number of benzene rings is 2. The highest BCUT2D eigenvalue weighted by Gasteiger charge is 2.41. The Balaban J connectivity index is 1.13. The van der Waals surface area contributed by atoms with Gasteiger partial charge in [0.2, 0.25) is 23.6 Å². The average molecular weight is 850 g/mol. The molecule has 6 rings (SSSR count). The lowest BCUT2D eigenvalue weighted by atomic mass is 10.0. The molecule has 0 bridgehead atoms. The monoisotopic (exact) mass is 849 g/mol. The Hall–Kier alpha value is -6.30. The van der Waals surface area contributed by atoms with Crippen molar-refractivity contribution in [3.8, 4) is 0 Å². The van der Waals surface area contributed by atoms with Gasteiger partial charge in [0.25, 0.3) is 0 Å². The van der Waals surface area contributed by atoms with Gasteiger partial charge in [-0.2, -0.15) is 0 Å². The number of nitrogens with one attached hydrogen (secondary N) is 4. The van der Waals surface area contributed by atoms with E-state index in [1.54, 1.807) is 4.90 Å². The number of anilines is 3. The summed E-state index contributed by atoms with van der Waals surface area (Å²) in [5, 5.41) is 11.2. The van der Waals surface area contributed by atoms with Crippen LogP contribution < -0.4 is 26.2 Å². The van der Waals surface area contributed by atoms with Gasteiger partial charge in [-0.1, -0.05) is 63.6 Å². The number of hydrogen-bond donors (Lipinski definition) is 4. The standard InChI is InChI=1S/C47H59N7O8/c1-28(2)40(50-46(59)61-6)44(57)52-26-8-10-38(52)42(55)48-33-18-14-31(15-19-33)36-24-25-37(54(36)35-22-12-30(5)13-23-35)32-16-20-34(21-17-32)49-43(56)39-11-9-27-53(39)45(58)41(29(3)4)51-47(60)62-7/h12-16,18-20,22-23,28-29,36-41H,8-11,24-27H2,1-7H3,(H,48,55)(H,49,56)(H,50,59)(H,51,60)/t36?,37?,38-,39-,40-,41-/m0/s1. The maximum absolute atomic E-state index is 13.6. The number of nitrogens with zero attached hydrogens (tertiary/aromatic N) is 3. The number of rotatable bonds is 13. The van der Waals surface area contributed by atoms with Crippen LogP contribution in [0.15, 0.2) is 60.7 Å². The Bertz CT molecular complexity index is 1950. The summed E-state index contributed by atoms with van der Waals surface area (Å²) in [6.07, 6.45) is 2.64. The summed E-state index contributed by atoms with van der Waals surface area (Å²) < 4.78 is 9.45. The fourth-order valence-corrected chi connectivity index (χ4v) is 8.78. The average Bonchev–Trinajstić information content (AvgIpc) is 4.06. The van der Waals surface area contributed by atoms with E-state index in [9.17, 15) is 28.8 Å². The van der Waals surface area contributed by atoms with Crippen LogP contribution in [0.5, 0.6) is 0 Å². The van der Waals surface area contributed by atoms with E-state index in [-0.39, 0.29) is 47.5 Å². The summed E-state index contributed by atoms with van der Waals surface area (Å²) in [4.78, 5) is 83.6. The van der Waals surface area contributed by atoms with Crippen molar-refractivity contribution in [2.24, 2.45) is 11.8 Å². The van der Waals surface area contributed by atoms with E-state index in [4.69, 9.17) is 9.47 Å². The third kappa shape index (κ3) is 10.2. The van der Waals surface area contributed by atoms with Gasteiger partial charge in [-0.05, 0) is 105 Å². The number of hydrogen-bond acceptors (Lipinski definition) is 9. The molecule has 3 aliphatic rings. The first-order valence-electron chi connectivity index (χ1n) is 21.5. The predicted molar refractivity (Wildman–Crippen MR) is 234 cm³/mol. The number of likely N-dealkylation sites (tertiary alicyclic amines) is 2. The SMILES string of the molecule is COC(=O)N[C@H](C(=O)N1CCC[C@H]1C(=O)Nc1c#cc(C2CCC(c3ccc(NC(=O)[C@@H]4CCCN4C(=O)[C@@H](NC(=O)OC)C(C)C)cc3)N2c2ccc(C)cc2)cc1)C(C)C. The summed E-state index contributed by atoms with van der Waals surface area (Å²) in [5.74, 6) is -1.64. The van der Waals surface area contributed by atoms with Crippen molar-refractivity contribution in [1.29, 1.82) is 0 Å². The van der Waals surface area contributed by atoms with Crippen LogP contribution in [0.25, 0.3) is 0 Å². The molecule has 0 saturated carbocycles. The molecular formula is C47H59N7O8. The highest BCUT2D eigenvalue weighted by molar-refractivity contribution is 5.99. The molecule has 15 heteroatoms. The lowest BCUT2D eigenvalue weighted by Gasteiger charge is -2.33. The third-order valence-corrected chi connectivity index (χ3v) is 12.1. The van der Waals surface area contributed by atoms with Crippen molar-refractivity contribution in [2.45, 2.75) is 109 Å². The Morgan fingerprint density at radius 1 is 0.629 bits per heavy atom. The quantitative estimate of drug-likeness (QED) is 0.154. The Morgan fingerprint density at radius 2 is 1.15 bits per heavy atom. The molecule has 62 heavy (non-hydrogen) atoms. The minimum atomic E-state index is -0.824. The Labute approximate surface area is 364 Å². The van der Waals surface area contributed by atoms with Gasteiger partial charge in [0.1, 0.15) is 24.2 Å². The van der Waals surface area contributed by atoms with E-state index in [0.29, 0.717) is 50.1 Å². The van der Waals surface area contributed by atoms with Crippen LogP contribution in [0.4, 0.5) is 26.7 Å². The normalized spacial score (nSPS) is 20.6. The molecule has 6 amide bonds. The molecule has 15 nitrogen and oxygen atoms in total. The number of carbonyl (C=O) groups excluding carboxylic acids is 6. The zero-order valence-corrected chi connectivity index (χ0v) is 36.7. The van der Waals surface area contributed by atoms with Gasteiger partial charge in [-0.25, -0.2) is 9.59 Å². The molecule has 3 heterocycles. The molecule has 0 radical (unpaired) electrons. The van der Waals surface area contributed by atoms with Gasteiger partial charge in [0, 0.05) is 30.0 Å². The molecule has 3 aliphatic heterocycles. The number of amides is 6. The second-order valence-electron chi connectivity index (χ2n) is 17.0. The number of aryl methyl sites for hydroxylation is 1. The molecule has 3 aromatic carbocycles. The van der Waals surface area contributed by atoms with E-state index in [0.717, 1.165) is 35.2 Å². The second kappa shape index (κ2) is 20.0. The molecule has 330 valence electrons. The molecule has 3 aromatic rings. The predicted octanol–water partition coefficient (Wildman–Crippen LogP) is 6.30. The van der Waals surface area contributed by atoms with Crippen molar-refractivity contribution < 1.29 is 38.2 Å². The van der Waals surface area contributed by atoms with Crippen molar-refractivity contribution in [3.63, 3.8) is 0 Å². The van der Waals surface area contributed by atoms with Gasteiger partial charge in [0.15, 0.2) is 0 Å². The second-order valence-corrected chi connectivity index (χ2v) is 17.0. The van der Waals surface area contributed by atoms with Gasteiger partial charge < -0.3 is 45.4 Å². The summed E-state index contributed by atoms with van der Waals surface area (Å²) in [6.45, 7) is 10.2. The van der Waals surface area contributed by atoms with E-state index in [2.05, 4.69) is 69.5 Å². The van der Waals surface area contributed by atoms with Crippen LogP contribution in [0.1, 0.15) is 95.0 Å². The van der Waals surface area contributed by atoms with Crippen molar-refractivity contribution in [2.75, 3.05) is 42.8 Å². The van der Waals surface area contributed by atoms with Crippen LogP contribution in [0.3, 0.4) is 0 Å². The van der Waals surface area contributed by atoms with E-state index >= 15 is 0 Å². The van der Waals surface area contributed by atoms with Crippen LogP contribution in [0, 0.1) is 30.9 Å². The minimum Gasteiger partial charge on any atom is -0.453 e. The molecule has 3 saturated heterocycles. The van der Waals surface area contributed by atoms with Crippen LogP contribution in [0.2, 0.25) is 0 Å². The molecule has 2 unspecified atom stereocenters. The van der Waals surface area contributed by atoms with Gasteiger partial charge in [0.05, 0.1) is 32.0 Å². The highest BCUT2D eigenvalue weighted by Crippen LogP contribution is 2.47. The fraction of sp³-hybridized carbons (Fsp3) is 0.489. The van der Waals surface area contributed by atoms with Crippen molar-refractivity contribution in [3.05, 3.63) is 89.5 Å². The Morgan fingerprint density at radius 3 is 1.63 bits per heavy atom. The van der Waals surface area contributed by atoms with Crippen LogP contribution >= 0.6 is 0 Å². The Kier molecular flexibility index (Phi) is 14.6. The zero-order chi connectivity index (χ0) is 44.7. The lowest BCUT2D eigenvalue weighted by molar-refractivity contribution is -0.139.